The molecule has 4 heteroatoms. The fourth-order valence-corrected chi connectivity index (χ4v) is 3.76. The van der Waals surface area contributed by atoms with E-state index in [9.17, 15) is 10.1 Å². The van der Waals surface area contributed by atoms with Gasteiger partial charge in [-0.3, -0.25) is 4.79 Å². The third kappa shape index (κ3) is 3.89. The number of hydrogen-bond donors (Lipinski definition) is 1. The smallest absolute Gasteiger partial charge is 0.266 e. The zero-order chi connectivity index (χ0) is 18.7. The Kier molecular flexibility index (Phi) is 5.29. The van der Waals surface area contributed by atoms with Crippen molar-refractivity contribution >= 4 is 0 Å². The van der Waals surface area contributed by atoms with Gasteiger partial charge in [-0.05, 0) is 44.5 Å². The van der Waals surface area contributed by atoms with Crippen LogP contribution in [0.25, 0.3) is 11.1 Å². The molecule has 0 unspecified atom stereocenters. The zero-order valence-corrected chi connectivity index (χ0v) is 15.9. The van der Waals surface area contributed by atoms with Crippen LogP contribution in [0.15, 0.2) is 35.1 Å². The summed E-state index contributed by atoms with van der Waals surface area (Å²) in [4.78, 5) is 18.0. The van der Waals surface area contributed by atoms with Crippen molar-refractivity contribution in [1.82, 2.24) is 9.88 Å². The van der Waals surface area contributed by atoms with Crippen LogP contribution in [-0.4, -0.2) is 29.5 Å². The largest absolute Gasteiger partial charge is 0.324 e. The molecule has 1 aliphatic rings. The highest BCUT2D eigenvalue weighted by atomic mass is 16.1. The first kappa shape index (κ1) is 18.4. The monoisotopic (exact) mass is 349 g/mol. The number of nitriles is 1. The number of aromatic nitrogens is 1. The number of nitrogens with one attached hydrogen (secondary N) is 1. The SMILES string of the molecule is Cc1ccc(-c2cc(C(C)(C)CN3CCCCC3)[nH]c(=O)c2C#N)cc1. The molecule has 1 aromatic heterocycles. The Balaban J connectivity index is 2.01. The van der Waals surface area contributed by atoms with Crippen LogP contribution in [0.3, 0.4) is 0 Å². The molecule has 0 bridgehead atoms. The van der Waals surface area contributed by atoms with Crippen LogP contribution in [0.4, 0.5) is 0 Å². The number of rotatable bonds is 4. The number of nitrogens with zero attached hydrogens (tertiary/aromatic N) is 2. The molecule has 0 amide bonds. The van der Waals surface area contributed by atoms with Gasteiger partial charge in [-0.2, -0.15) is 5.26 Å². The highest BCUT2D eigenvalue weighted by Gasteiger charge is 2.27. The van der Waals surface area contributed by atoms with E-state index in [0.29, 0.717) is 0 Å². The van der Waals surface area contributed by atoms with Crippen molar-refractivity contribution in [3.63, 3.8) is 0 Å². The summed E-state index contributed by atoms with van der Waals surface area (Å²) in [6, 6.07) is 12.1. The molecule has 3 rings (SSSR count). The normalized spacial score (nSPS) is 15.6. The molecule has 26 heavy (non-hydrogen) atoms. The molecule has 1 aromatic carbocycles. The van der Waals surface area contributed by atoms with E-state index in [1.54, 1.807) is 0 Å². The number of pyridine rings is 1. The van der Waals surface area contributed by atoms with E-state index in [4.69, 9.17) is 0 Å². The molecular weight excluding hydrogens is 322 g/mol. The molecule has 1 aliphatic heterocycles. The Morgan fingerprint density at radius 1 is 1.15 bits per heavy atom. The van der Waals surface area contributed by atoms with Crippen LogP contribution in [0.5, 0.6) is 0 Å². The Hall–Kier alpha value is -2.38. The molecule has 1 N–H and O–H groups in total. The number of H-pyrrole nitrogens is 1. The fourth-order valence-electron chi connectivity index (χ4n) is 3.76. The van der Waals surface area contributed by atoms with E-state index in [1.807, 2.05) is 37.3 Å². The number of benzene rings is 1. The summed E-state index contributed by atoms with van der Waals surface area (Å²) in [5.74, 6) is 0. The number of piperidine rings is 1. The topological polar surface area (TPSA) is 59.9 Å². The van der Waals surface area contributed by atoms with E-state index < -0.39 is 0 Å². The molecule has 0 saturated carbocycles. The van der Waals surface area contributed by atoms with Gasteiger partial charge in [0.15, 0.2) is 0 Å². The van der Waals surface area contributed by atoms with Crippen molar-refractivity contribution in [2.24, 2.45) is 0 Å². The lowest BCUT2D eigenvalue weighted by Gasteiger charge is -2.35. The molecule has 0 aliphatic carbocycles. The second kappa shape index (κ2) is 7.47. The van der Waals surface area contributed by atoms with E-state index in [2.05, 4.69) is 29.8 Å². The summed E-state index contributed by atoms with van der Waals surface area (Å²) in [5.41, 5.74) is 3.37. The van der Waals surface area contributed by atoms with Gasteiger partial charge in [0, 0.05) is 23.2 Å². The van der Waals surface area contributed by atoms with Gasteiger partial charge in [-0.1, -0.05) is 50.1 Å². The quantitative estimate of drug-likeness (QED) is 0.908. The number of likely N-dealkylation sites (tertiary alicyclic amines) is 1. The van der Waals surface area contributed by atoms with Crippen molar-refractivity contribution in [2.45, 2.75) is 45.4 Å². The second-order valence-electron chi connectivity index (χ2n) is 8.00. The fraction of sp³-hybridized carbons (Fsp3) is 0.455. The lowest BCUT2D eigenvalue weighted by molar-refractivity contribution is 0.188. The minimum absolute atomic E-state index is 0.186. The van der Waals surface area contributed by atoms with Crippen LogP contribution in [0.2, 0.25) is 0 Å². The number of aryl methyl sites for hydroxylation is 1. The van der Waals surface area contributed by atoms with E-state index >= 15 is 0 Å². The van der Waals surface area contributed by atoms with Crippen LogP contribution < -0.4 is 5.56 Å². The Bertz CT molecular complexity index is 866. The van der Waals surface area contributed by atoms with Gasteiger partial charge in [-0.25, -0.2) is 0 Å². The third-order valence-corrected chi connectivity index (χ3v) is 5.30. The van der Waals surface area contributed by atoms with Gasteiger partial charge in [0.1, 0.15) is 11.6 Å². The lowest BCUT2D eigenvalue weighted by atomic mass is 9.85. The average Bonchev–Trinajstić information content (AvgIpc) is 2.62. The molecule has 1 saturated heterocycles. The Labute approximate surface area is 155 Å². The molecule has 2 heterocycles. The molecular formula is C22H27N3O. The molecule has 0 spiro atoms. The first-order valence-electron chi connectivity index (χ1n) is 9.38. The summed E-state index contributed by atoms with van der Waals surface area (Å²) in [7, 11) is 0. The van der Waals surface area contributed by atoms with E-state index in [1.165, 1.54) is 19.3 Å². The Morgan fingerprint density at radius 3 is 2.42 bits per heavy atom. The van der Waals surface area contributed by atoms with Crippen LogP contribution in [0.1, 0.15) is 49.9 Å². The van der Waals surface area contributed by atoms with Crippen molar-refractivity contribution in [2.75, 3.05) is 19.6 Å². The van der Waals surface area contributed by atoms with Gasteiger partial charge in [-0.15, -0.1) is 0 Å². The molecule has 0 radical (unpaired) electrons. The number of hydrogen-bond acceptors (Lipinski definition) is 3. The minimum Gasteiger partial charge on any atom is -0.324 e. The Morgan fingerprint density at radius 2 is 1.81 bits per heavy atom. The first-order valence-corrected chi connectivity index (χ1v) is 9.38. The van der Waals surface area contributed by atoms with Gasteiger partial charge < -0.3 is 9.88 Å². The molecule has 136 valence electrons. The second-order valence-corrected chi connectivity index (χ2v) is 8.00. The first-order chi connectivity index (χ1) is 12.4. The van der Waals surface area contributed by atoms with Crippen LogP contribution in [0, 0.1) is 18.3 Å². The molecule has 4 nitrogen and oxygen atoms in total. The van der Waals surface area contributed by atoms with Gasteiger partial charge >= 0.3 is 0 Å². The minimum atomic E-state index is -0.299. The standard InChI is InChI=1S/C22H27N3O/c1-16-7-9-17(10-8-16)18-13-20(24-21(26)19(18)14-23)22(2,3)15-25-11-5-4-6-12-25/h7-10,13H,4-6,11-12,15H2,1-3H3,(H,24,26). The highest BCUT2D eigenvalue weighted by Crippen LogP contribution is 2.29. The van der Waals surface area contributed by atoms with Crippen LogP contribution >= 0.6 is 0 Å². The molecule has 2 aromatic rings. The average molecular weight is 349 g/mol. The van der Waals surface area contributed by atoms with E-state index in [-0.39, 0.29) is 16.5 Å². The van der Waals surface area contributed by atoms with Crippen LogP contribution in [-0.2, 0) is 5.41 Å². The summed E-state index contributed by atoms with van der Waals surface area (Å²) in [6.07, 6.45) is 3.80. The van der Waals surface area contributed by atoms with E-state index in [0.717, 1.165) is 42.0 Å². The third-order valence-electron chi connectivity index (χ3n) is 5.30. The van der Waals surface area contributed by atoms with Gasteiger partial charge in [0.2, 0.25) is 0 Å². The molecule has 1 fully saturated rings. The molecule has 0 atom stereocenters. The summed E-state index contributed by atoms with van der Waals surface area (Å²) < 4.78 is 0. The maximum Gasteiger partial charge on any atom is 0.266 e. The lowest BCUT2D eigenvalue weighted by Crippen LogP contribution is -2.41. The summed E-state index contributed by atoms with van der Waals surface area (Å²) >= 11 is 0. The van der Waals surface area contributed by atoms with Gasteiger partial charge in [0.05, 0.1) is 0 Å². The summed E-state index contributed by atoms with van der Waals surface area (Å²) in [6.45, 7) is 9.50. The van der Waals surface area contributed by atoms with Gasteiger partial charge in [0.25, 0.3) is 5.56 Å². The van der Waals surface area contributed by atoms with Crippen molar-refractivity contribution in [3.05, 3.63) is 57.5 Å². The summed E-state index contributed by atoms with van der Waals surface area (Å²) in [5, 5.41) is 9.49. The van der Waals surface area contributed by atoms with Crippen molar-refractivity contribution in [1.29, 1.82) is 5.26 Å². The number of aromatic amines is 1. The van der Waals surface area contributed by atoms with Crippen molar-refractivity contribution in [3.8, 4) is 17.2 Å². The predicted molar refractivity (Wildman–Crippen MR) is 105 cm³/mol. The maximum absolute atomic E-state index is 12.6. The maximum atomic E-state index is 12.6. The highest BCUT2D eigenvalue weighted by molar-refractivity contribution is 5.70. The van der Waals surface area contributed by atoms with Crippen molar-refractivity contribution < 1.29 is 0 Å². The zero-order valence-electron chi connectivity index (χ0n) is 15.9. The predicted octanol–water partition coefficient (Wildman–Crippen LogP) is 3.99.